The Kier molecular flexibility index (Phi) is 6.32. The zero-order chi connectivity index (χ0) is 21.7. The lowest BCUT2D eigenvalue weighted by molar-refractivity contribution is -0.143. The average molecular weight is 409 g/mol. The highest BCUT2D eigenvalue weighted by atomic mass is 19.1. The van der Waals surface area contributed by atoms with Crippen LogP contribution in [-0.4, -0.2) is 22.4 Å². The van der Waals surface area contributed by atoms with Crippen molar-refractivity contribution >= 4 is 5.97 Å². The lowest BCUT2D eigenvalue weighted by Gasteiger charge is -2.15. The molecule has 152 valence electrons. The van der Waals surface area contributed by atoms with Gasteiger partial charge in [0.05, 0.1) is 6.54 Å². The molecule has 1 heterocycles. The van der Waals surface area contributed by atoms with E-state index in [9.17, 15) is 23.6 Å². The maximum absolute atomic E-state index is 13.4. The second kappa shape index (κ2) is 9.09. The van der Waals surface area contributed by atoms with Crippen molar-refractivity contribution in [3.8, 4) is 28.5 Å². The summed E-state index contributed by atoms with van der Waals surface area (Å²) in [6, 6.07) is 12.6. The summed E-state index contributed by atoms with van der Waals surface area (Å²) in [6.07, 6.45) is 0.191. The highest BCUT2D eigenvalue weighted by Crippen LogP contribution is 2.32. The summed E-state index contributed by atoms with van der Waals surface area (Å²) < 4.78 is 32.9. The van der Waals surface area contributed by atoms with Crippen LogP contribution >= 0.6 is 0 Å². The molecule has 3 rings (SSSR count). The van der Waals surface area contributed by atoms with Crippen LogP contribution < -0.4 is 5.56 Å². The maximum atomic E-state index is 13.4. The lowest BCUT2D eigenvalue weighted by Crippen LogP contribution is -2.29. The monoisotopic (exact) mass is 409 g/mol. The Bertz CT molecular complexity index is 1160. The average Bonchev–Trinajstić information content (AvgIpc) is 2.75. The number of aromatic nitrogens is 2. The number of hydrogen-bond acceptors (Lipinski definition) is 5. The van der Waals surface area contributed by atoms with E-state index in [-0.39, 0.29) is 36.4 Å². The molecule has 0 unspecified atom stereocenters. The minimum atomic E-state index is -0.671. The van der Waals surface area contributed by atoms with E-state index in [2.05, 4.69) is 5.10 Å². The molecule has 1 aromatic heterocycles. The van der Waals surface area contributed by atoms with E-state index < -0.39 is 23.2 Å². The van der Waals surface area contributed by atoms with E-state index in [1.54, 1.807) is 6.92 Å². The third-order valence-corrected chi connectivity index (χ3v) is 4.37. The van der Waals surface area contributed by atoms with Crippen LogP contribution in [0.3, 0.4) is 0 Å². The summed E-state index contributed by atoms with van der Waals surface area (Å²) in [4.78, 5) is 24.2. The zero-order valence-corrected chi connectivity index (χ0v) is 16.1. The van der Waals surface area contributed by atoms with Gasteiger partial charge >= 0.3 is 5.97 Å². The summed E-state index contributed by atoms with van der Waals surface area (Å²) >= 11 is 0. The number of nitrogens with zero attached hydrogens (tertiary/aromatic N) is 3. The Hall–Kier alpha value is -3.86. The molecule has 8 heteroatoms. The molecule has 30 heavy (non-hydrogen) atoms. The fraction of sp³-hybridized carbons (Fsp3) is 0.182. The highest BCUT2D eigenvalue weighted by Gasteiger charge is 2.20. The lowest BCUT2D eigenvalue weighted by atomic mass is 9.96. The molecule has 0 spiro atoms. The van der Waals surface area contributed by atoms with Crippen molar-refractivity contribution in [2.24, 2.45) is 0 Å². The molecule has 3 aromatic rings. The number of rotatable bonds is 6. The highest BCUT2D eigenvalue weighted by molar-refractivity contribution is 5.84. The van der Waals surface area contributed by atoms with Gasteiger partial charge in [-0.05, 0) is 42.0 Å². The van der Waals surface area contributed by atoms with Crippen molar-refractivity contribution in [3.05, 3.63) is 76.1 Å². The van der Waals surface area contributed by atoms with Crippen molar-refractivity contribution in [1.29, 1.82) is 5.26 Å². The first-order valence-corrected chi connectivity index (χ1v) is 9.17. The first-order valence-electron chi connectivity index (χ1n) is 9.17. The minimum absolute atomic E-state index is 0.0584. The molecule has 0 radical (unpaired) electrons. The maximum Gasteiger partial charge on any atom is 0.305 e. The van der Waals surface area contributed by atoms with E-state index in [1.807, 2.05) is 6.07 Å². The molecule has 0 atom stereocenters. The molecule has 0 bridgehead atoms. The fourth-order valence-electron chi connectivity index (χ4n) is 2.88. The normalized spacial score (nSPS) is 10.5. The zero-order valence-electron chi connectivity index (χ0n) is 16.1. The van der Waals surface area contributed by atoms with Gasteiger partial charge in [-0.2, -0.15) is 10.4 Å². The van der Waals surface area contributed by atoms with E-state index in [1.165, 1.54) is 48.5 Å². The number of carbonyl (C=O) groups excluding carboxylic acids is 1. The van der Waals surface area contributed by atoms with Gasteiger partial charge in [-0.3, -0.25) is 9.59 Å². The topological polar surface area (TPSA) is 85.0 Å². The van der Waals surface area contributed by atoms with Crippen LogP contribution in [0.15, 0.2) is 53.3 Å². The molecule has 0 aliphatic rings. The van der Waals surface area contributed by atoms with Crippen LogP contribution in [0.25, 0.3) is 22.4 Å². The van der Waals surface area contributed by atoms with Crippen LogP contribution in [0.2, 0.25) is 0 Å². The van der Waals surface area contributed by atoms with Gasteiger partial charge in [-0.1, -0.05) is 19.1 Å². The molecular formula is C22H17F2N3O3. The number of hydrogen-bond donors (Lipinski definition) is 0. The van der Waals surface area contributed by atoms with Gasteiger partial charge in [0, 0.05) is 17.5 Å². The van der Waals surface area contributed by atoms with Crippen molar-refractivity contribution in [1.82, 2.24) is 9.78 Å². The van der Waals surface area contributed by atoms with Gasteiger partial charge < -0.3 is 4.74 Å². The Morgan fingerprint density at radius 2 is 1.63 bits per heavy atom. The third kappa shape index (κ3) is 4.41. The van der Waals surface area contributed by atoms with Gasteiger partial charge in [0.1, 0.15) is 35.6 Å². The summed E-state index contributed by atoms with van der Waals surface area (Å²) in [5.74, 6) is -1.35. The van der Waals surface area contributed by atoms with Gasteiger partial charge in [0.2, 0.25) is 0 Å². The molecule has 0 fully saturated rings. The Labute approximate surface area is 171 Å². The van der Waals surface area contributed by atoms with Gasteiger partial charge in [0.15, 0.2) is 0 Å². The van der Waals surface area contributed by atoms with E-state index in [4.69, 9.17) is 4.74 Å². The summed E-state index contributed by atoms with van der Waals surface area (Å²) in [5, 5.41) is 14.0. The van der Waals surface area contributed by atoms with Crippen molar-refractivity contribution < 1.29 is 18.3 Å². The van der Waals surface area contributed by atoms with E-state index >= 15 is 0 Å². The molecule has 0 amide bonds. The first kappa shape index (κ1) is 20.9. The standard InChI is InChI=1S/C22H17F2N3O3/c1-2-19(28)30-12-11-27-22(29)18(13-25)20(14-3-7-16(23)8-4-14)21(26-27)15-5-9-17(24)10-6-15/h3-10H,2,11-12H2,1H3. The third-order valence-electron chi connectivity index (χ3n) is 4.37. The smallest absolute Gasteiger partial charge is 0.305 e. The van der Waals surface area contributed by atoms with E-state index in [0.29, 0.717) is 11.1 Å². The second-order valence-corrected chi connectivity index (χ2v) is 6.33. The van der Waals surface area contributed by atoms with Crippen LogP contribution in [0.4, 0.5) is 8.78 Å². The summed E-state index contributed by atoms with van der Waals surface area (Å²) in [6.45, 7) is 1.49. The van der Waals surface area contributed by atoms with Crippen LogP contribution in [-0.2, 0) is 16.1 Å². The number of nitriles is 1. The molecule has 0 saturated carbocycles. The van der Waals surface area contributed by atoms with E-state index in [0.717, 1.165) is 4.68 Å². The Balaban J connectivity index is 2.19. The summed E-state index contributed by atoms with van der Waals surface area (Å²) in [7, 11) is 0. The van der Waals surface area contributed by atoms with Crippen LogP contribution in [0.1, 0.15) is 18.9 Å². The predicted molar refractivity (Wildman–Crippen MR) is 105 cm³/mol. The van der Waals surface area contributed by atoms with Gasteiger partial charge in [-0.15, -0.1) is 0 Å². The number of esters is 1. The molecule has 6 nitrogen and oxygen atoms in total. The van der Waals surface area contributed by atoms with Crippen molar-refractivity contribution in [2.45, 2.75) is 19.9 Å². The largest absolute Gasteiger partial charge is 0.464 e. The number of benzene rings is 2. The molecule has 0 N–H and O–H groups in total. The molecule has 0 saturated heterocycles. The molecule has 0 aliphatic heterocycles. The molecule has 0 aliphatic carbocycles. The van der Waals surface area contributed by atoms with Gasteiger partial charge in [0.25, 0.3) is 5.56 Å². The summed E-state index contributed by atoms with van der Waals surface area (Å²) in [5.41, 5.74) is 0.483. The predicted octanol–water partition coefficient (Wildman–Crippen LogP) is 3.68. The first-order chi connectivity index (χ1) is 14.4. The Morgan fingerprint density at radius 3 is 2.17 bits per heavy atom. The number of ether oxygens (including phenoxy) is 1. The minimum Gasteiger partial charge on any atom is -0.464 e. The van der Waals surface area contributed by atoms with Crippen LogP contribution in [0, 0.1) is 23.0 Å². The van der Waals surface area contributed by atoms with Crippen molar-refractivity contribution in [2.75, 3.05) is 6.61 Å². The van der Waals surface area contributed by atoms with Crippen LogP contribution in [0.5, 0.6) is 0 Å². The van der Waals surface area contributed by atoms with Crippen molar-refractivity contribution in [3.63, 3.8) is 0 Å². The quantitative estimate of drug-likeness (QED) is 0.580. The Morgan fingerprint density at radius 1 is 1.07 bits per heavy atom. The molecular weight excluding hydrogens is 392 g/mol. The fourth-order valence-corrected chi connectivity index (χ4v) is 2.88. The SMILES string of the molecule is CCC(=O)OCCn1nc(-c2ccc(F)cc2)c(-c2ccc(F)cc2)c(C#N)c1=O. The number of halogens is 2. The van der Waals surface area contributed by atoms with Gasteiger partial charge in [-0.25, -0.2) is 13.5 Å². The number of carbonyl (C=O) groups is 1. The molecule has 2 aromatic carbocycles. The second-order valence-electron chi connectivity index (χ2n) is 6.33.